The Morgan fingerprint density at radius 1 is 1.44 bits per heavy atom. The maximum Gasteiger partial charge on any atom is 0.224 e. The molecule has 0 bridgehead atoms. The lowest BCUT2D eigenvalue weighted by Crippen LogP contribution is -2.01. The second-order valence-electron chi connectivity index (χ2n) is 4.20. The first-order valence-corrected chi connectivity index (χ1v) is 7.73. The fraction of sp³-hybridized carbons (Fsp3) is 0.333. The van der Waals surface area contributed by atoms with Gasteiger partial charge in [-0.25, -0.2) is 4.98 Å². The van der Waals surface area contributed by atoms with E-state index in [0.717, 1.165) is 16.8 Å². The summed E-state index contributed by atoms with van der Waals surface area (Å²) >= 11 is 11.1. The minimum atomic E-state index is 0.259. The molecule has 0 aliphatic heterocycles. The first-order chi connectivity index (χ1) is 8.72. The van der Waals surface area contributed by atoms with Gasteiger partial charge in [0, 0.05) is 16.0 Å². The van der Waals surface area contributed by atoms with Crippen molar-refractivity contribution in [2.24, 2.45) is 0 Å². The van der Waals surface area contributed by atoms with Crippen LogP contribution in [-0.2, 0) is 19.4 Å². The topological polar surface area (TPSA) is 37.8 Å². The zero-order valence-corrected chi connectivity index (χ0v) is 12.7. The number of fused-ring (bicyclic) bond motifs is 1. The highest BCUT2D eigenvalue weighted by Gasteiger charge is 2.14. The molecule has 2 aromatic heterocycles. The molecule has 3 rings (SSSR count). The van der Waals surface area contributed by atoms with Crippen LogP contribution in [0.15, 0.2) is 16.7 Å². The summed E-state index contributed by atoms with van der Waals surface area (Å²) in [4.78, 5) is 11.0. The fourth-order valence-electron chi connectivity index (χ4n) is 2.12. The molecule has 0 aromatic carbocycles. The summed E-state index contributed by atoms with van der Waals surface area (Å²) in [7, 11) is 0. The summed E-state index contributed by atoms with van der Waals surface area (Å²) in [5.41, 5.74) is 1.52. The van der Waals surface area contributed by atoms with Crippen LogP contribution in [-0.4, -0.2) is 9.97 Å². The van der Waals surface area contributed by atoms with Crippen LogP contribution in [0.5, 0.6) is 0 Å². The highest BCUT2D eigenvalue weighted by molar-refractivity contribution is 9.10. The number of rotatable bonds is 3. The van der Waals surface area contributed by atoms with E-state index in [2.05, 4.69) is 37.3 Å². The van der Waals surface area contributed by atoms with Gasteiger partial charge in [-0.05, 0) is 58.4 Å². The van der Waals surface area contributed by atoms with Crippen molar-refractivity contribution >= 4 is 44.7 Å². The van der Waals surface area contributed by atoms with E-state index in [-0.39, 0.29) is 5.28 Å². The van der Waals surface area contributed by atoms with Gasteiger partial charge < -0.3 is 5.32 Å². The molecule has 94 valence electrons. The first-order valence-electron chi connectivity index (χ1n) is 5.75. The summed E-state index contributed by atoms with van der Waals surface area (Å²) in [5, 5.41) is 3.55. The van der Waals surface area contributed by atoms with Crippen molar-refractivity contribution in [3.8, 4) is 0 Å². The van der Waals surface area contributed by atoms with Crippen LogP contribution in [0.1, 0.15) is 21.7 Å². The Morgan fingerprint density at radius 3 is 3.17 bits per heavy atom. The molecule has 2 heterocycles. The standard InChI is InChI=1S/C12H11BrClN3S/c13-9-6-16-12(14)17-11(9)15-5-8-4-7-2-1-3-10(7)18-8/h4,6H,1-3,5H2,(H,15,16,17). The lowest BCUT2D eigenvalue weighted by Gasteiger charge is -2.05. The number of aromatic nitrogens is 2. The Bertz CT molecular complexity index is 563. The van der Waals surface area contributed by atoms with Crippen LogP contribution in [0.3, 0.4) is 0 Å². The molecular weight excluding hydrogens is 334 g/mol. The van der Waals surface area contributed by atoms with Crippen molar-refractivity contribution in [1.29, 1.82) is 0 Å². The Labute approximate surface area is 123 Å². The molecule has 0 radical (unpaired) electrons. The SMILES string of the molecule is Clc1ncc(Br)c(NCc2cc3c(s2)CCC3)n1. The van der Waals surface area contributed by atoms with Gasteiger partial charge in [0.25, 0.3) is 0 Å². The third kappa shape index (κ3) is 2.53. The number of hydrogen-bond acceptors (Lipinski definition) is 4. The molecule has 18 heavy (non-hydrogen) atoms. The van der Waals surface area contributed by atoms with Crippen LogP contribution >= 0.6 is 38.9 Å². The van der Waals surface area contributed by atoms with Gasteiger partial charge in [0.2, 0.25) is 5.28 Å². The van der Waals surface area contributed by atoms with E-state index in [1.165, 1.54) is 29.7 Å². The average molecular weight is 345 g/mol. The highest BCUT2D eigenvalue weighted by atomic mass is 79.9. The van der Waals surface area contributed by atoms with E-state index < -0.39 is 0 Å². The number of nitrogens with one attached hydrogen (secondary N) is 1. The summed E-state index contributed by atoms with van der Waals surface area (Å²) < 4.78 is 0.830. The van der Waals surface area contributed by atoms with Crippen LogP contribution in [0.2, 0.25) is 5.28 Å². The minimum Gasteiger partial charge on any atom is -0.364 e. The number of hydrogen-bond donors (Lipinski definition) is 1. The molecule has 6 heteroatoms. The van der Waals surface area contributed by atoms with Crippen LogP contribution < -0.4 is 5.32 Å². The van der Waals surface area contributed by atoms with Crippen molar-refractivity contribution in [1.82, 2.24) is 9.97 Å². The van der Waals surface area contributed by atoms with Crippen molar-refractivity contribution in [3.63, 3.8) is 0 Å². The van der Waals surface area contributed by atoms with Gasteiger partial charge in [-0.2, -0.15) is 4.98 Å². The van der Waals surface area contributed by atoms with Crippen LogP contribution in [0.4, 0.5) is 5.82 Å². The fourth-order valence-corrected chi connectivity index (χ4v) is 3.78. The maximum atomic E-state index is 5.78. The molecule has 0 fully saturated rings. The largest absolute Gasteiger partial charge is 0.364 e. The van der Waals surface area contributed by atoms with Gasteiger partial charge in [0.05, 0.1) is 11.0 Å². The molecule has 0 amide bonds. The summed E-state index contributed by atoms with van der Waals surface area (Å²) in [5.74, 6) is 0.739. The zero-order valence-electron chi connectivity index (χ0n) is 9.54. The van der Waals surface area contributed by atoms with Crippen molar-refractivity contribution in [2.45, 2.75) is 25.8 Å². The van der Waals surface area contributed by atoms with Crippen molar-refractivity contribution in [3.05, 3.63) is 37.3 Å². The second kappa shape index (κ2) is 5.15. The molecule has 2 aromatic rings. The van der Waals surface area contributed by atoms with E-state index in [0.29, 0.717) is 0 Å². The molecule has 0 saturated heterocycles. The molecule has 0 saturated carbocycles. The molecule has 1 N–H and O–H groups in total. The molecule has 0 atom stereocenters. The Hall–Kier alpha value is -0.650. The molecule has 0 unspecified atom stereocenters. The van der Waals surface area contributed by atoms with E-state index in [9.17, 15) is 0 Å². The number of anilines is 1. The summed E-state index contributed by atoms with van der Waals surface area (Å²) in [6.45, 7) is 0.781. The third-order valence-corrected chi connectivity index (χ3v) is 4.94. The zero-order chi connectivity index (χ0) is 12.5. The minimum absolute atomic E-state index is 0.259. The average Bonchev–Trinajstić information content (AvgIpc) is 2.90. The number of aryl methyl sites for hydroxylation is 2. The van der Waals surface area contributed by atoms with E-state index in [1.54, 1.807) is 11.1 Å². The van der Waals surface area contributed by atoms with Crippen LogP contribution in [0.25, 0.3) is 0 Å². The second-order valence-corrected chi connectivity index (χ2v) is 6.62. The molecule has 3 nitrogen and oxygen atoms in total. The number of halogens is 2. The number of thiophene rings is 1. The van der Waals surface area contributed by atoms with E-state index >= 15 is 0 Å². The normalized spacial score (nSPS) is 13.7. The number of nitrogens with zero attached hydrogens (tertiary/aromatic N) is 2. The van der Waals surface area contributed by atoms with E-state index in [1.807, 2.05) is 11.3 Å². The van der Waals surface area contributed by atoms with Crippen molar-refractivity contribution < 1.29 is 0 Å². The predicted octanol–water partition coefficient (Wildman–Crippen LogP) is 4.05. The van der Waals surface area contributed by atoms with Gasteiger partial charge in [-0.3, -0.25) is 0 Å². The Kier molecular flexibility index (Phi) is 3.54. The van der Waals surface area contributed by atoms with Gasteiger partial charge in [0.1, 0.15) is 5.82 Å². The van der Waals surface area contributed by atoms with Crippen LogP contribution in [0, 0.1) is 0 Å². The lowest BCUT2D eigenvalue weighted by molar-refractivity contribution is 0.913. The molecular formula is C12H11BrClN3S. The monoisotopic (exact) mass is 343 g/mol. The summed E-state index contributed by atoms with van der Waals surface area (Å²) in [6, 6.07) is 2.30. The molecule has 1 aliphatic carbocycles. The molecule has 0 spiro atoms. The highest BCUT2D eigenvalue weighted by Crippen LogP contribution is 2.31. The summed E-state index contributed by atoms with van der Waals surface area (Å²) in [6.07, 6.45) is 5.44. The first kappa shape index (κ1) is 12.4. The Morgan fingerprint density at radius 2 is 2.33 bits per heavy atom. The predicted molar refractivity (Wildman–Crippen MR) is 78.4 cm³/mol. The lowest BCUT2D eigenvalue weighted by atomic mass is 10.2. The Balaban J connectivity index is 1.71. The quantitative estimate of drug-likeness (QED) is 0.853. The van der Waals surface area contributed by atoms with E-state index in [4.69, 9.17) is 11.6 Å². The van der Waals surface area contributed by atoms with Gasteiger partial charge in [-0.1, -0.05) is 0 Å². The van der Waals surface area contributed by atoms with Crippen molar-refractivity contribution in [2.75, 3.05) is 5.32 Å². The molecule has 1 aliphatic rings. The van der Waals surface area contributed by atoms with Gasteiger partial charge in [-0.15, -0.1) is 11.3 Å². The maximum absolute atomic E-state index is 5.78. The van der Waals surface area contributed by atoms with Gasteiger partial charge >= 0.3 is 0 Å². The third-order valence-electron chi connectivity index (χ3n) is 2.94. The smallest absolute Gasteiger partial charge is 0.224 e. The van der Waals surface area contributed by atoms with Gasteiger partial charge in [0.15, 0.2) is 0 Å².